The lowest BCUT2D eigenvalue weighted by Crippen LogP contribution is -2.43. The van der Waals surface area contributed by atoms with Gasteiger partial charge in [0.1, 0.15) is 0 Å². The Bertz CT molecular complexity index is 496. The molecule has 1 fully saturated rings. The Morgan fingerprint density at radius 3 is 2.67 bits per heavy atom. The quantitative estimate of drug-likeness (QED) is 0.811. The van der Waals surface area contributed by atoms with Crippen LogP contribution in [0.1, 0.15) is 35.7 Å². The van der Waals surface area contributed by atoms with E-state index in [2.05, 4.69) is 23.8 Å². The normalized spacial score (nSPS) is 17.3. The highest BCUT2D eigenvalue weighted by Crippen LogP contribution is 2.22. The van der Waals surface area contributed by atoms with Crippen LogP contribution in [0.2, 0.25) is 0 Å². The van der Waals surface area contributed by atoms with Crippen molar-refractivity contribution >= 4 is 11.7 Å². The molecule has 1 aromatic carbocycles. The van der Waals surface area contributed by atoms with E-state index in [1.54, 1.807) is 6.07 Å². The summed E-state index contributed by atoms with van der Waals surface area (Å²) >= 11 is 0. The predicted molar refractivity (Wildman–Crippen MR) is 84.4 cm³/mol. The van der Waals surface area contributed by atoms with E-state index >= 15 is 0 Å². The number of nitrogen functional groups attached to an aromatic ring is 1. The second-order valence-corrected chi connectivity index (χ2v) is 5.77. The molecule has 2 rings (SSSR count). The first-order valence-electron chi connectivity index (χ1n) is 7.56. The van der Waals surface area contributed by atoms with Gasteiger partial charge in [-0.25, -0.2) is 4.79 Å². The van der Waals surface area contributed by atoms with E-state index in [0.717, 1.165) is 38.0 Å². The van der Waals surface area contributed by atoms with Gasteiger partial charge in [-0.1, -0.05) is 19.1 Å². The van der Waals surface area contributed by atoms with Crippen molar-refractivity contribution < 1.29 is 9.90 Å². The lowest BCUT2D eigenvalue weighted by atomic mass is 10.0. The fraction of sp³-hybridized carbons (Fsp3) is 0.562. The Labute approximate surface area is 126 Å². The summed E-state index contributed by atoms with van der Waals surface area (Å²) in [6.07, 6.45) is 2.27. The van der Waals surface area contributed by atoms with Gasteiger partial charge in [0.25, 0.3) is 0 Å². The fourth-order valence-corrected chi connectivity index (χ4v) is 3.09. The molecular formula is C16H25N3O2. The number of likely N-dealkylation sites (tertiary alicyclic amines) is 1. The molecule has 21 heavy (non-hydrogen) atoms. The van der Waals surface area contributed by atoms with Gasteiger partial charge in [0, 0.05) is 18.3 Å². The second-order valence-electron chi connectivity index (χ2n) is 5.77. The minimum Gasteiger partial charge on any atom is -0.478 e. The third-order valence-corrected chi connectivity index (χ3v) is 4.44. The Balaban J connectivity index is 2.05. The highest BCUT2D eigenvalue weighted by atomic mass is 16.4. The molecule has 0 saturated carbocycles. The number of carboxylic acid groups (broad SMARTS) is 1. The van der Waals surface area contributed by atoms with Crippen LogP contribution in [-0.4, -0.2) is 53.6 Å². The molecule has 1 heterocycles. The molecule has 0 spiro atoms. The minimum atomic E-state index is -0.947. The standard InChI is InChI=1S/C16H25N3O2/c1-3-19-9-7-13(8-10-19)18(2)11-12-5-4-6-14(17)15(12)16(20)21/h4-6,13H,3,7-11,17H2,1-2H3,(H,20,21). The molecule has 0 unspecified atom stereocenters. The van der Waals surface area contributed by atoms with Crippen LogP contribution >= 0.6 is 0 Å². The second kappa shape index (κ2) is 6.91. The summed E-state index contributed by atoms with van der Waals surface area (Å²) in [6.45, 7) is 6.16. The highest BCUT2D eigenvalue weighted by Gasteiger charge is 2.23. The van der Waals surface area contributed by atoms with Crippen molar-refractivity contribution in [2.75, 3.05) is 32.4 Å². The van der Waals surface area contributed by atoms with Crippen LogP contribution in [0, 0.1) is 0 Å². The van der Waals surface area contributed by atoms with E-state index < -0.39 is 5.97 Å². The third kappa shape index (κ3) is 3.74. The van der Waals surface area contributed by atoms with Gasteiger partial charge in [0.05, 0.1) is 5.56 Å². The molecule has 5 nitrogen and oxygen atoms in total. The molecule has 1 aliphatic rings. The molecule has 0 amide bonds. The number of piperidine rings is 1. The molecule has 116 valence electrons. The lowest BCUT2D eigenvalue weighted by Gasteiger charge is -2.36. The lowest BCUT2D eigenvalue weighted by molar-refractivity contribution is 0.0694. The molecule has 0 aliphatic carbocycles. The average molecular weight is 291 g/mol. The maximum Gasteiger partial charge on any atom is 0.338 e. The topological polar surface area (TPSA) is 69.8 Å². The van der Waals surface area contributed by atoms with Gasteiger partial charge in [0.15, 0.2) is 0 Å². The Morgan fingerprint density at radius 2 is 2.10 bits per heavy atom. The van der Waals surface area contributed by atoms with Crippen molar-refractivity contribution in [3.63, 3.8) is 0 Å². The largest absolute Gasteiger partial charge is 0.478 e. The van der Waals surface area contributed by atoms with Crippen molar-refractivity contribution in [1.82, 2.24) is 9.80 Å². The predicted octanol–water partition coefficient (Wildman–Crippen LogP) is 1.88. The number of nitrogens with two attached hydrogens (primary N) is 1. The van der Waals surface area contributed by atoms with Crippen molar-refractivity contribution in [2.24, 2.45) is 0 Å². The van der Waals surface area contributed by atoms with Crippen molar-refractivity contribution in [1.29, 1.82) is 0 Å². The van der Waals surface area contributed by atoms with Crippen LogP contribution in [-0.2, 0) is 6.54 Å². The molecule has 0 bridgehead atoms. The van der Waals surface area contributed by atoms with E-state index in [1.165, 1.54) is 0 Å². The smallest absolute Gasteiger partial charge is 0.338 e. The molecule has 0 radical (unpaired) electrons. The molecule has 5 heteroatoms. The zero-order valence-corrected chi connectivity index (χ0v) is 12.9. The average Bonchev–Trinajstić information content (AvgIpc) is 2.47. The van der Waals surface area contributed by atoms with E-state index in [9.17, 15) is 9.90 Å². The Hall–Kier alpha value is -1.59. The molecule has 1 aromatic rings. The zero-order chi connectivity index (χ0) is 15.4. The number of aromatic carboxylic acids is 1. The summed E-state index contributed by atoms with van der Waals surface area (Å²) in [5.74, 6) is -0.947. The summed E-state index contributed by atoms with van der Waals surface area (Å²) in [5, 5.41) is 9.33. The maximum absolute atomic E-state index is 11.4. The molecule has 0 atom stereocenters. The van der Waals surface area contributed by atoms with Gasteiger partial charge < -0.3 is 15.7 Å². The molecule has 0 aromatic heterocycles. The summed E-state index contributed by atoms with van der Waals surface area (Å²) in [7, 11) is 2.07. The van der Waals surface area contributed by atoms with Crippen LogP contribution in [0.5, 0.6) is 0 Å². The summed E-state index contributed by atoms with van der Waals surface area (Å²) in [6, 6.07) is 5.84. The van der Waals surface area contributed by atoms with Crippen molar-refractivity contribution in [2.45, 2.75) is 32.4 Å². The molecule has 1 saturated heterocycles. The highest BCUT2D eigenvalue weighted by molar-refractivity contribution is 5.95. The summed E-state index contributed by atoms with van der Waals surface area (Å²) in [4.78, 5) is 16.1. The van der Waals surface area contributed by atoms with Crippen LogP contribution in [0.25, 0.3) is 0 Å². The van der Waals surface area contributed by atoms with Gasteiger partial charge in [0.2, 0.25) is 0 Å². The van der Waals surface area contributed by atoms with Gasteiger partial charge in [-0.05, 0) is 51.2 Å². The van der Waals surface area contributed by atoms with Gasteiger partial charge in [-0.3, -0.25) is 4.90 Å². The van der Waals surface area contributed by atoms with E-state index in [1.807, 2.05) is 12.1 Å². The third-order valence-electron chi connectivity index (χ3n) is 4.44. The number of rotatable bonds is 5. The molecule has 3 N–H and O–H groups in total. The number of anilines is 1. The van der Waals surface area contributed by atoms with Crippen molar-refractivity contribution in [3.05, 3.63) is 29.3 Å². The van der Waals surface area contributed by atoms with Crippen molar-refractivity contribution in [3.8, 4) is 0 Å². The first-order valence-corrected chi connectivity index (χ1v) is 7.56. The number of carbonyl (C=O) groups is 1. The molecule has 1 aliphatic heterocycles. The van der Waals surface area contributed by atoms with E-state index in [4.69, 9.17) is 5.73 Å². The molecular weight excluding hydrogens is 266 g/mol. The van der Waals surface area contributed by atoms with Gasteiger partial charge >= 0.3 is 5.97 Å². The monoisotopic (exact) mass is 291 g/mol. The maximum atomic E-state index is 11.4. The first kappa shape index (κ1) is 15.8. The number of hydrogen-bond donors (Lipinski definition) is 2. The van der Waals surface area contributed by atoms with Crippen LogP contribution in [0.15, 0.2) is 18.2 Å². The van der Waals surface area contributed by atoms with E-state index in [0.29, 0.717) is 18.3 Å². The van der Waals surface area contributed by atoms with Gasteiger partial charge in [-0.15, -0.1) is 0 Å². The number of benzene rings is 1. The van der Waals surface area contributed by atoms with Crippen LogP contribution < -0.4 is 5.73 Å². The van der Waals surface area contributed by atoms with Crippen LogP contribution in [0.3, 0.4) is 0 Å². The number of hydrogen-bond acceptors (Lipinski definition) is 4. The Kier molecular flexibility index (Phi) is 5.20. The minimum absolute atomic E-state index is 0.246. The zero-order valence-electron chi connectivity index (χ0n) is 12.9. The van der Waals surface area contributed by atoms with Crippen LogP contribution in [0.4, 0.5) is 5.69 Å². The summed E-state index contributed by atoms with van der Waals surface area (Å²) in [5.41, 5.74) is 7.19. The first-order chi connectivity index (χ1) is 10.0. The SMILES string of the molecule is CCN1CCC(N(C)Cc2cccc(N)c2C(=O)O)CC1. The summed E-state index contributed by atoms with van der Waals surface area (Å²) < 4.78 is 0. The number of nitrogens with zero attached hydrogens (tertiary/aromatic N) is 2. The number of carboxylic acids is 1. The van der Waals surface area contributed by atoms with E-state index in [-0.39, 0.29) is 5.56 Å². The fourth-order valence-electron chi connectivity index (χ4n) is 3.09. The van der Waals surface area contributed by atoms with Gasteiger partial charge in [-0.2, -0.15) is 0 Å². The Morgan fingerprint density at radius 1 is 1.43 bits per heavy atom.